The number of phenolic OH excluding ortho intramolecular Hbond substituents is 1. The normalized spacial score (nSPS) is 13.8. The van der Waals surface area contributed by atoms with Crippen LogP contribution >= 0.6 is 0 Å². The number of hydrogen-bond donors (Lipinski definition) is 1. The van der Waals surface area contributed by atoms with Crippen molar-refractivity contribution < 1.29 is 5.11 Å². The molecule has 0 radical (unpaired) electrons. The van der Waals surface area contributed by atoms with Gasteiger partial charge in [-0.1, -0.05) is 52.7 Å². The van der Waals surface area contributed by atoms with Gasteiger partial charge in [0.25, 0.3) is 0 Å². The molecule has 1 nitrogen and oxygen atoms in total. The molecule has 1 heteroatoms. The van der Waals surface area contributed by atoms with E-state index in [0.717, 1.165) is 0 Å². The van der Waals surface area contributed by atoms with E-state index >= 15 is 0 Å². The maximum Gasteiger partial charge on any atom is 0.115 e. The molecule has 0 unspecified atom stereocenters. The van der Waals surface area contributed by atoms with Crippen molar-refractivity contribution in [1.29, 1.82) is 0 Å². The summed E-state index contributed by atoms with van der Waals surface area (Å²) < 4.78 is 0. The van der Waals surface area contributed by atoms with Crippen LogP contribution in [0.1, 0.15) is 58.4 Å². The lowest BCUT2D eigenvalue weighted by Crippen LogP contribution is -2.18. The van der Waals surface area contributed by atoms with E-state index in [1.165, 1.54) is 24.8 Å². The van der Waals surface area contributed by atoms with Gasteiger partial charge in [0.15, 0.2) is 0 Å². The minimum absolute atomic E-state index is 0.284. The Morgan fingerprint density at radius 2 is 1.69 bits per heavy atom. The van der Waals surface area contributed by atoms with Gasteiger partial charge >= 0.3 is 0 Å². The maximum atomic E-state index is 9.32. The Hall–Kier alpha value is -0.980. The molecule has 0 heterocycles. The molecule has 0 aliphatic carbocycles. The molecule has 1 rings (SSSR count). The Morgan fingerprint density at radius 1 is 1.12 bits per heavy atom. The van der Waals surface area contributed by atoms with E-state index in [9.17, 15) is 5.11 Å². The average molecular weight is 220 g/mol. The molecule has 1 N–H and O–H groups in total. The zero-order valence-electron chi connectivity index (χ0n) is 11.0. The largest absolute Gasteiger partial charge is 0.508 e. The monoisotopic (exact) mass is 220 g/mol. The highest BCUT2D eigenvalue weighted by atomic mass is 16.3. The predicted octanol–water partition coefficient (Wildman–Crippen LogP) is 4.71. The van der Waals surface area contributed by atoms with E-state index in [2.05, 4.69) is 39.8 Å². The molecule has 0 bridgehead atoms. The van der Waals surface area contributed by atoms with E-state index in [4.69, 9.17) is 0 Å². The number of unbranched alkanes of at least 4 members (excludes halogenated alkanes) is 1. The second kappa shape index (κ2) is 5.38. The Labute approximate surface area is 99.5 Å². The lowest BCUT2D eigenvalue weighted by molar-refractivity contribution is 0.299. The minimum Gasteiger partial charge on any atom is -0.508 e. The van der Waals surface area contributed by atoms with Crippen molar-refractivity contribution in [3.63, 3.8) is 0 Å². The smallest absolute Gasteiger partial charge is 0.115 e. The highest BCUT2D eigenvalue weighted by molar-refractivity contribution is 5.29. The van der Waals surface area contributed by atoms with Crippen LogP contribution in [-0.4, -0.2) is 5.11 Å². The molecule has 1 aromatic carbocycles. The molecule has 1 aromatic rings. The highest BCUT2D eigenvalue weighted by Crippen LogP contribution is 2.39. The van der Waals surface area contributed by atoms with Crippen LogP contribution in [0, 0.1) is 5.41 Å². The molecule has 90 valence electrons. The molecule has 0 aliphatic heterocycles. The first-order valence-electron chi connectivity index (χ1n) is 6.24. The van der Waals surface area contributed by atoms with Crippen molar-refractivity contribution in [1.82, 2.24) is 0 Å². The Balaban J connectivity index is 2.88. The summed E-state index contributed by atoms with van der Waals surface area (Å²) in [5.74, 6) is 0.931. The van der Waals surface area contributed by atoms with E-state index in [-0.39, 0.29) is 5.41 Å². The quantitative estimate of drug-likeness (QED) is 0.779. The fraction of sp³-hybridized carbons (Fsp3) is 0.600. The van der Waals surface area contributed by atoms with Crippen LogP contribution in [-0.2, 0) is 0 Å². The third-order valence-corrected chi connectivity index (χ3v) is 3.19. The zero-order chi connectivity index (χ0) is 12.2. The third kappa shape index (κ3) is 3.55. The zero-order valence-corrected chi connectivity index (χ0v) is 11.0. The van der Waals surface area contributed by atoms with E-state index in [1.807, 2.05) is 0 Å². The molecule has 0 aliphatic rings. The predicted molar refractivity (Wildman–Crippen MR) is 69.8 cm³/mol. The van der Waals surface area contributed by atoms with Crippen molar-refractivity contribution in [2.75, 3.05) is 0 Å². The van der Waals surface area contributed by atoms with Crippen molar-refractivity contribution >= 4 is 0 Å². The fourth-order valence-electron chi connectivity index (χ4n) is 2.21. The van der Waals surface area contributed by atoms with Crippen molar-refractivity contribution in [2.24, 2.45) is 5.41 Å². The van der Waals surface area contributed by atoms with Crippen molar-refractivity contribution in [2.45, 2.75) is 52.9 Å². The lowest BCUT2D eigenvalue weighted by atomic mass is 9.74. The van der Waals surface area contributed by atoms with Gasteiger partial charge in [0.2, 0.25) is 0 Å². The average Bonchev–Trinajstić information content (AvgIpc) is 2.19. The summed E-state index contributed by atoms with van der Waals surface area (Å²) in [6.45, 7) is 9.11. The number of benzene rings is 1. The summed E-state index contributed by atoms with van der Waals surface area (Å²) in [5, 5.41) is 9.32. The minimum atomic E-state index is 0.284. The lowest BCUT2D eigenvalue weighted by Gasteiger charge is -2.31. The summed E-state index contributed by atoms with van der Waals surface area (Å²) in [6, 6.07) is 7.70. The molecular weight excluding hydrogens is 196 g/mol. The number of phenols is 1. The second-order valence-corrected chi connectivity index (χ2v) is 5.65. The van der Waals surface area contributed by atoms with E-state index in [0.29, 0.717) is 11.7 Å². The summed E-state index contributed by atoms with van der Waals surface area (Å²) in [5.41, 5.74) is 1.63. The van der Waals surface area contributed by atoms with Gasteiger partial charge in [-0.25, -0.2) is 0 Å². The Bertz CT molecular complexity index is 305. The van der Waals surface area contributed by atoms with Gasteiger partial charge in [-0.15, -0.1) is 0 Å². The third-order valence-electron chi connectivity index (χ3n) is 3.19. The number of hydrogen-bond acceptors (Lipinski definition) is 1. The summed E-state index contributed by atoms with van der Waals surface area (Å²) >= 11 is 0. The van der Waals surface area contributed by atoms with Crippen molar-refractivity contribution in [3.8, 4) is 5.75 Å². The van der Waals surface area contributed by atoms with E-state index in [1.54, 1.807) is 12.1 Å². The molecule has 0 amide bonds. The SMILES string of the molecule is CCCC[C@H](c1ccc(O)cc1)C(C)(C)C. The Morgan fingerprint density at radius 3 is 2.12 bits per heavy atom. The topological polar surface area (TPSA) is 20.2 Å². The molecule has 0 spiro atoms. The van der Waals surface area contributed by atoms with Gasteiger partial charge in [-0.05, 0) is 35.4 Å². The first kappa shape index (κ1) is 13.1. The summed E-state index contributed by atoms with van der Waals surface area (Å²) in [7, 11) is 0. The first-order chi connectivity index (χ1) is 7.45. The Kier molecular flexibility index (Phi) is 4.40. The van der Waals surface area contributed by atoms with Crippen LogP contribution in [0.2, 0.25) is 0 Å². The van der Waals surface area contributed by atoms with Gasteiger partial charge in [0.05, 0.1) is 0 Å². The molecule has 1 atom stereocenters. The van der Waals surface area contributed by atoms with Crippen LogP contribution in [0.15, 0.2) is 24.3 Å². The van der Waals surface area contributed by atoms with Crippen LogP contribution in [0.25, 0.3) is 0 Å². The molecule has 16 heavy (non-hydrogen) atoms. The van der Waals surface area contributed by atoms with Gasteiger partial charge in [-0.3, -0.25) is 0 Å². The molecule has 0 saturated heterocycles. The van der Waals surface area contributed by atoms with Gasteiger partial charge < -0.3 is 5.11 Å². The highest BCUT2D eigenvalue weighted by Gasteiger charge is 2.25. The van der Waals surface area contributed by atoms with Crippen LogP contribution in [0.5, 0.6) is 5.75 Å². The standard InChI is InChI=1S/C15H24O/c1-5-6-7-14(15(2,3)4)12-8-10-13(16)11-9-12/h8-11,14,16H,5-7H2,1-4H3/t14-/m1/s1. The van der Waals surface area contributed by atoms with Crippen LogP contribution in [0.4, 0.5) is 0 Å². The van der Waals surface area contributed by atoms with Gasteiger partial charge in [-0.2, -0.15) is 0 Å². The number of aromatic hydroxyl groups is 1. The van der Waals surface area contributed by atoms with Gasteiger partial charge in [0, 0.05) is 0 Å². The molecule has 0 fully saturated rings. The van der Waals surface area contributed by atoms with Crippen LogP contribution in [0.3, 0.4) is 0 Å². The summed E-state index contributed by atoms with van der Waals surface area (Å²) in [6.07, 6.45) is 3.73. The number of rotatable bonds is 4. The maximum absolute atomic E-state index is 9.32. The fourth-order valence-corrected chi connectivity index (χ4v) is 2.21. The molecular formula is C15H24O. The second-order valence-electron chi connectivity index (χ2n) is 5.65. The molecule has 0 saturated carbocycles. The van der Waals surface area contributed by atoms with Crippen molar-refractivity contribution in [3.05, 3.63) is 29.8 Å². The van der Waals surface area contributed by atoms with Gasteiger partial charge in [0.1, 0.15) is 5.75 Å². The first-order valence-corrected chi connectivity index (χ1v) is 6.24. The molecule has 0 aromatic heterocycles. The van der Waals surface area contributed by atoms with E-state index < -0.39 is 0 Å². The van der Waals surface area contributed by atoms with Crippen LogP contribution < -0.4 is 0 Å². The summed E-state index contributed by atoms with van der Waals surface area (Å²) in [4.78, 5) is 0.